The summed E-state index contributed by atoms with van der Waals surface area (Å²) < 4.78 is 7.07. The van der Waals surface area contributed by atoms with Crippen LogP contribution in [0.1, 0.15) is 23.1 Å². The number of nitrogens with zero attached hydrogens (tertiary/aromatic N) is 5. The SMILES string of the molecule is COC[C@@H]1c2nnn(C)c2CCN1C(=O)Cc1ccccn1. The van der Waals surface area contributed by atoms with E-state index in [-0.39, 0.29) is 18.4 Å². The Balaban J connectivity index is 1.82. The summed E-state index contributed by atoms with van der Waals surface area (Å²) in [4.78, 5) is 18.7. The average molecular weight is 301 g/mol. The summed E-state index contributed by atoms with van der Waals surface area (Å²) in [5, 5.41) is 8.29. The van der Waals surface area contributed by atoms with Crippen molar-refractivity contribution in [3.8, 4) is 0 Å². The number of amides is 1. The highest BCUT2D eigenvalue weighted by Gasteiger charge is 2.34. The van der Waals surface area contributed by atoms with Crippen molar-refractivity contribution in [1.29, 1.82) is 0 Å². The predicted octanol–water partition coefficient (Wildman–Crippen LogP) is 0.525. The second-order valence-corrected chi connectivity index (χ2v) is 5.35. The van der Waals surface area contributed by atoms with Crippen molar-refractivity contribution in [3.63, 3.8) is 0 Å². The van der Waals surface area contributed by atoms with E-state index >= 15 is 0 Å². The lowest BCUT2D eigenvalue weighted by Crippen LogP contribution is -2.43. The van der Waals surface area contributed by atoms with Crippen LogP contribution in [0.2, 0.25) is 0 Å². The normalized spacial score (nSPS) is 17.4. The van der Waals surface area contributed by atoms with Gasteiger partial charge in [0.15, 0.2) is 0 Å². The molecule has 0 spiro atoms. The fraction of sp³-hybridized carbons (Fsp3) is 0.467. The van der Waals surface area contributed by atoms with Gasteiger partial charge in [0, 0.05) is 39.0 Å². The highest BCUT2D eigenvalue weighted by atomic mass is 16.5. The molecule has 116 valence electrons. The molecule has 0 unspecified atom stereocenters. The number of aromatic nitrogens is 4. The third-order valence-corrected chi connectivity index (χ3v) is 3.96. The number of carbonyl (C=O) groups excluding carboxylic acids is 1. The number of methoxy groups -OCH3 is 1. The number of rotatable bonds is 4. The summed E-state index contributed by atoms with van der Waals surface area (Å²) in [6, 6.07) is 5.41. The molecule has 1 aliphatic rings. The lowest BCUT2D eigenvalue weighted by Gasteiger charge is -2.34. The zero-order valence-electron chi connectivity index (χ0n) is 12.8. The van der Waals surface area contributed by atoms with Crippen LogP contribution >= 0.6 is 0 Å². The fourth-order valence-electron chi connectivity index (χ4n) is 2.86. The average Bonchev–Trinajstić information content (AvgIpc) is 2.91. The molecule has 22 heavy (non-hydrogen) atoms. The van der Waals surface area contributed by atoms with Crippen LogP contribution in [0, 0.1) is 0 Å². The Bertz CT molecular complexity index is 655. The molecule has 0 saturated heterocycles. The largest absolute Gasteiger partial charge is 0.382 e. The Morgan fingerprint density at radius 3 is 3.05 bits per heavy atom. The maximum atomic E-state index is 12.6. The summed E-state index contributed by atoms with van der Waals surface area (Å²) in [6.07, 6.45) is 2.75. The topological polar surface area (TPSA) is 73.1 Å². The second kappa shape index (κ2) is 6.23. The van der Waals surface area contributed by atoms with Crippen molar-refractivity contribution < 1.29 is 9.53 Å². The number of hydrogen-bond acceptors (Lipinski definition) is 5. The van der Waals surface area contributed by atoms with Gasteiger partial charge in [-0.25, -0.2) is 0 Å². The van der Waals surface area contributed by atoms with Crippen molar-refractivity contribution in [2.45, 2.75) is 18.9 Å². The van der Waals surface area contributed by atoms with E-state index in [1.807, 2.05) is 30.1 Å². The first-order valence-electron chi connectivity index (χ1n) is 7.27. The van der Waals surface area contributed by atoms with E-state index in [1.54, 1.807) is 18.0 Å². The van der Waals surface area contributed by atoms with Crippen LogP contribution < -0.4 is 0 Å². The van der Waals surface area contributed by atoms with E-state index in [0.29, 0.717) is 13.2 Å². The van der Waals surface area contributed by atoms with E-state index in [4.69, 9.17) is 4.74 Å². The second-order valence-electron chi connectivity index (χ2n) is 5.35. The molecule has 0 aliphatic carbocycles. The Labute approximate surface area is 128 Å². The molecule has 1 aliphatic heterocycles. The number of pyridine rings is 1. The lowest BCUT2D eigenvalue weighted by atomic mass is 10.0. The highest BCUT2D eigenvalue weighted by Crippen LogP contribution is 2.28. The number of fused-ring (bicyclic) bond motifs is 1. The Morgan fingerprint density at radius 2 is 2.32 bits per heavy atom. The number of aryl methyl sites for hydroxylation is 1. The summed E-state index contributed by atoms with van der Waals surface area (Å²) in [5.41, 5.74) is 2.68. The van der Waals surface area contributed by atoms with Crippen molar-refractivity contribution in [2.24, 2.45) is 7.05 Å². The first kappa shape index (κ1) is 14.6. The van der Waals surface area contributed by atoms with Gasteiger partial charge in [-0.2, -0.15) is 0 Å². The zero-order chi connectivity index (χ0) is 15.5. The van der Waals surface area contributed by atoms with Gasteiger partial charge < -0.3 is 9.64 Å². The lowest BCUT2D eigenvalue weighted by molar-refractivity contribution is -0.134. The van der Waals surface area contributed by atoms with Gasteiger partial charge in [-0.15, -0.1) is 5.10 Å². The Hall–Kier alpha value is -2.28. The number of ether oxygens (including phenoxy) is 1. The molecule has 3 heterocycles. The van der Waals surface area contributed by atoms with Crippen LogP contribution in [0.25, 0.3) is 0 Å². The first-order chi connectivity index (χ1) is 10.7. The van der Waals surface area contributed by atoms with Gasteiger partial charge in [0.05, 0.1) is 18.7 Å². The van der Waals surface area contributed by atoms with Gasteiger partial charge in [0.1, 0.15) is 11.7 Å². The molecule has 0 saturated carbocycles. The third kappa shape index (κ3) is 2.71. The van der Waals surface area contributed by atoms with Crippen molar-refractivity contribution >= 4 is 5.91 Å². The monoisotopic (exact) mass is 301 g/mol. The zero-order valence-corrected chi connectivity index (χ0v) is 12.8. The molecule has 0 N–H and O–H groups in total. The van der Waals surface area contributed by atoms with Crippen LogP contribution in [0.5, 0.6) is 0 Å². The first-order valence-corrected chi connectivity index (χ1v) is 7.27. The predicted molar refractivity (Wildman–Crippen MR) is 79.0 cm³/mol. The van der Waals surface area contributed by atoms with Crippen LogP contribution in [-0.4, -0.2) is 51.0 Å². The fourth-order valence-corrected chi connectivity index (χ4v) is 2.86. The van der Waals surface area contributed by atoms with E-state index in [2.05, 4.69) is 15.3 Å². The molecule has 0 radical (unpaired) electrons. The summed E-state index contributed by atoms with van der Waals surface area (Å²) in [6.45, 7) is 1.06. The summed E-state index contributed by atoms with van der Waals surface area (Å²) in [7, 11) is 3.51. The minimum absolute atomic E-state index is 0.0389. The Kier molecular flexibility index (Phi) is 4.15. The molecule has 3 rings (SSSR count). The Morgan fingerprint density at radius 1 is 1.45 bits per heavy atom. The van der Waals surface area contributed by atoms with Crippen LogP contribution in [0.15, 0.2) is 24.4 Å². The van der Waals surface area contributed by atoms with Crippen molar-refractivity contribution in [1.82, 2.24) is 24.9 Å². The van der Waals surface area contributed by atoms with Crippen LogP contribution in [0.3, 0.4) is 0 Å². The highest BCUT2D eigenvalue weighted by molar-refractivity contribution is 5.79. The van der Waals surface area contributed by atoms with E-state index in [1.165, 1.54) is 0 Å². The van der Waals surface area contributed by atoms with Gasteiger partial charge in [-0.1, -0.05) is 11.3 Å². The maximum Gasteiger partial charge on any atom is 0.229 e. The standard InChI is InChI=1S/C15H19N5O2/c1-19-12-6-8-20(13(10-22-2)15(12)17-18-19)14(21)9-11-5-3-4-7-16-11/h3-5,7,13H,6,8-10H2,1-2H3/t13-/m1/s1. The van der Waals surface area contributed by atoms with E-state index in [0.717, 1.165) is 23.5 Å². The van der Waals surface area contributed by atoms with E-state index in [9.17, 15) is 4.79 Å². The van der Waals surface area contributed by atoms with Gasteiger partial charge in [-0.3, -0.25) is 14.5 Å². The molecule has 0 aromatic carbocycles. The van der Waals surface area contributed by atoms with Gasteiger partial charge >= 0.3 is 0 Å². The molecule has 1 atom stereocenters. The van der Waals surface area contributed by atoms with Crippen molar-refractivity contribution in [3.05, 3.63) is 41.5 Å². The van der Waals surface area contributed by atoms with Gasteiger partial charge in [0.2, 0.25) is 5.91 Å². The van der Waals surface area contributed by atoms with Crippen molar-refractivity contribution in [2.75, 3.05) is 20.3 Å². The summed E-state index contributed by atoms with van der Waals surface area (Å²) >= 11 is 0. The minimum Gasteiger partial charge on any atom is -0.382 e. The van der Waals surface area contributed by atoms with Crippen LogP contribution in [-0.2, 0) is 29.4 Å². The molecule has 7 heteroatoms. The molecule has 0 bridgehead atoms. The smallest absolute Gasteiger partial charge is 0.229 e. The van der Waals surface area contributed by atoms with E-state index < -0.39 is 0 Å². The maximum absolute atomic E-state index is 12.6. The molecular formula is C15H19N5O2. The quantitative estimate of drug-likeness (QED) is 0.823. The molecule has 1 amide bonds. The van der Waals surface area contributed by atoms with Crippen LogP contribution in [0.4, 0.5) is 0 Å². The third-order valence-electron chi connectivity index (χ3n) is 3.96. The minimum atomic E-state index is -0.182. The summed E-state index contributed by atoms with van der Waals surface area (Å²) in [5.74, 6) is 0.0389. The number of carbonyl (C=O) groups is 1. The molecule has 7 nitrogen and oxygen atoms in total. The number of hydrogen-bond donors (Lipinski definition) is 0. The molecule has 2 aromatic heterocycles. The van der Waals surface area contributed by atoms with Gasteiger partial charge in [-0.05, 0) is 12.1 Å². The molecule has 2 aromatic rings. The molecular weight excluding hydrogens is 282 g/mol. The van der Waals surface area contributed by atoms with Gasteiger partial charge in [0.25, 0.3) is 0 Å². The molecule has 0 fully saturated rings.